The van der Waals surface area contributed by atoms with Crippen molar-refractivity contribution in [2.75, 3.05) is 6.54 Å². The van der Waals surface area contributed by atoms with Crippen LogP contribution in [0, 0.1) is 11.8 Å². The van der Waals surface area contributed by atoms with Gasteiger partial charge in [0.05, 0.1) is 0 Å². The SMILES string of the molecule is NCCCC#Cc1cc2cc(Cl)ccc2o1. The zero-order valence-corrected chi connectivity index (χ0v) is 9.55. The van der Waals surface area contributed by atoms with Crippen molar-refractivity contribution in [1.82, 2.24) is 0 Å². The summed E-state index contributed by atoms with van der Waals surface area (Å²) in [6.07, 6.45) is 1.72. The van der Waals surface area contributed by atoms with E-state index in [9.17, 15) is 0 Å². The molecule has 0 fully saturated rings. The zero-order valence-electron chi connectivity index (χ0n) is 8.79. The van der Waals surface area contributed by atoms with Crippen LogP contribution in [0.3, 0.4) is 0 Å². The van der Waals surface area contributed by atoms with Gasteiger partial charge in [0.1, 0.15) is 5.58 Å². The first kappa shape index (κ1) is 11.1. The van der Waals surface area contributed by atoms with Crippen LogP contribution in [-0.4, -0.2) is 6.54 Å². The smallest absolute Gasteiger partial charge is 0.178 e. The molecule has 16 heavy (non-hydrogen) atoms. The van der Waals surface area contributed by atoms with Crippen LogP contribution in [-0.2, 0) is 0 Å². The average molecular weight is 234 g/mol. The molecule has 0 spiro atoms. The third-order valence-corrected chi connectivity index (χ3v) is 2.43. The predicted octanol–water partition coefficient (Wildman–Crippen LogP) is 3.18. The van der Waals surface area contributed by atoms with Crippen molar-refractivity contribution in [2.45, 2.75) is 12.8 Å². The van der Waals surface area contributed by atoms with Crippen molar-refractivity contribution in [2.24, 2.45) is 5.73 Å². The fraction of sp³-hybridized carbons (Fsp3) is 0.231. The molecule has 1 heterocycles. The summed E-state index contributed by atoms with van der Waals surface area (Å²) in [7, 11) is 0. The van der Waals surface area contributed by atoms with Crippen LogP contribution in [0.2, 0.25) is 5.02 Å². The van der Waals surface area contributed by atoms with Crippen molar-refractivity contribution in [3.8, 4) is 11.8 Å². The first-order valence-corrected chi connectivity index (χ1v) is 5.55. The van der Waals surface area contributed by atoms with Gasteiger partial charge in [0, 0.05) is 22.9 Å². The largest absolute Gasteiger partial charge is 0.448 e. The zero-order chi connectivity index (χ0) is 11.4. The highest BCUT2D eigenvalue weighted by molar-refractivity contribution is 6.31. The van der Waals surface area contributed by atoms with E-state index in [0.717, 1.165) is 23.8 Å². The van der Waals surface area contributed by atoms with Crippen LogP contribution >= 0.6 is 11.6 Å². The quantitative estimate of drug-likeness (QED) is 0.639. The van der Waals surface area contributed by atoms with Gasteiger partial charge in [-0.2, -0.15) is 0 Å². The van der Waals surface area contributed by atoms with E-state index in [1.165, 1.54) is 0 Å². The molecule has 0 bridgehead atoms. The minimum Gasteiger partial charge on any atom is -0.448 e. The molecule has 2 rings (SSSR count). The van der Waals surface area contributed by atoms with Gasteiger partial charge in [-0.15, -0.1) is 0 Å². The lowest BCUT2D eigenvalue weighted by atomic mass is 10.2. The van der Waals surface area contributed by atoms with Crippen LogP contribution in [0.25, 0.3) is 11.0 Å². The fourth-order valence-electron chi connectivity index (χ4n) is 1.42. The van der Waals surface area contributed by atoms with Crippen molar-refractivity contribution < 1.29 is 4.42 Å². The van der Waals surface area contributed by atoms with Gasteiger partial charge in [0.2, 0.25) is 0 Å². The summed E-state index contributed by atoms with van der Waals surface area (Å²) in [5, 5.41) is 1.69. The number of rotatable bonds is 2. The lowest BCUT2D eigenvalue weighted by Gasteiger charge is -1.87. The molecule has 1 aromatic heterocycles. The average Bonchev–Trinajstić information content (AvgIpc) is 2.66. The van der Waals surface area contributed by atoms with Gasteiger partial charge in [0.15, 0.2) is 5.76 Å². The number of benzene rings is 1. The topological polar surface area (TPSA) is 39.2 Å². The monoisotopic (exact) mass is 233 g/mol. The summed E-state index contributed by atoms with van der Waals surface area (Å²) in [6.45, 7) is 0.671. The summed E-state index contributed by atoms with van der Waals surface area (Å²) in [5.41, 5.74) is 6.19. The molecule has 0 aliphatic carbocycles. The Balaban J connectivity index is 2.21. The van der Waals surface area contributed by atoms with E-state index in [1.807, 2.05) is 18.2 Å². The third kappa shape index (κ3) is 2.57. The molecule has 2 nitrogen and oxygen atoms in total. The molecule has 2 aromatic rings. The highest BCUT2D eigenvalue weighted by atomic mass is 35.5. The van der Waals surface area contributed by atoms with Gasteiger partial charge in [0.25, 0.3) is 0 Å². The summed E-state index contributed by atoms with van der Waals surface area (Å²) < 4.78 is 5.54. The van der Waals surface area contributed by atoms with Gasteiger partial charge in [-0.1, -0.05) is 17.5 Å². The molecular formula is C13H12ClNO. The highest BCUT2D eigenvalue weighted by Gasteiger charge is 2.01. The molecule has 0 atom stereocenters. The normalized spacial score (nSPS) is 10.1. The maximum absolute atomic E-state index is 5.88. The number of furan rings is 1. The number of hydrogen-bond acceptors (Lipinski definition) is 2. The lowest BCUT2D eigenvalue weighted by Crippen LogP contribution is -1.96. The number of nitrogens with two attached hydrogens (primary N) is 1. The molecule has 0 amide bonds. The maximum atomic E-state index is 5.88. The number of fused-ring (bicyclic) bond motifs is 1. The van der Waals surface area contributed by atoms with E-state index in [1.54, 1.807) is 6.07 Å². The van der Waals surface area contributed by atoms with Gasteiger partial charge in [-0.3, -0.25) is 0 Å². The first-order valence-electron chi connectivity index (χ1n) is 5.17. The Hall–Kier alpha value is -1.43. The molecule has 0 saturated carbocycles. The van der Waals surface area contributed by atoms with E-state index >= 15 is 0 Å². The van der Waals surface area contributed by atoms with Gasteiger partial charge < -0.3 is 10.2 Å². The Kier molecular flexibility index (Phi) is 3.51. The second kappa shape index (κ2) is 5.07. The maximum Gasteiger partial charge on any atom is 0.178 e. The molecule has 0 aliphatic heterocycles. The van der Waals surface area contributed by atoms with Gasteiger partial charge >= 0.3 is 0 Å². The summed E-state index contributed by atoms with van der Waals surface area (Å²) in [6, 6.07) is 7.42. The molecule has 1 aromatic carbocycles. The second-order valence-electron chi connectivity index (χ2n) is 3.49. The number of unbranched alkanes of at least 4 members (excludes halogenated alkanes) is 1. The Morgan fingerprint density at radius 1 is 1.31 bits per heavy atom. The Morgan fingerprint density at radius 3 is 3.00 bits per heavy atom. The number of halogens is 1. The summed E-state index contributed by atoms with van der Waals surface area (Å²) >= 11 is 5.88. The van der Waals surface area contributed by atoms with Crippen LogP contribution in [0.1, 0.15) is 18.6 Å². The first-order chi connectivity index (χ1) is 7.79. The Morgan fingerprint density at radius 2 is 2.19 bits per heavy atom. The highest BCUT2D eigenvalue weighted by Crippen LogP contribution is 2.22. The van der Waals surface area contributed by atoms with Gasteiger partial charge in [-0.25, -0.2) is 0 Å². The minimum absolute atomic E-state index is 0.671. The van der Waals surface area contributed by atoms with Crippen molar-refractivity contribution in [3.05, 3.63) is 35.0 Å². The Labute approximate surface area is 99.4 Å². The predicted molar refractivity (Wildman–Crippen MR) is 66.4 cm³/mol. The molecule has 0 saturated heterocycles. The second-order valence-corrected chi connectivity index (χ2v) is 3.92. The molecule has 0 aliphatic rings. The van der Waals surface area contributed by atoms with Crippen LogP contribution in [0.15, 0.2) is 28.7 Å². The molecule has 82 valence electrons. The molecular weight excluding hydrogens is 222 g/mol. The van der Waals surface area contributed by atoms with Crippen molar-refractivity contribution in [1.29, 1.82) is 0 Å². The van der Waals surface area contributed by atoms with Crippen LogP contribution < -0.4 is 5.73 Å². The standard InChI is InChI=1S/C13H12ClNO/c14-11-5-6-13-10(8-11)9-12(16-13)4-2-1-3-7-15/h5-6,8-9H,1,3,7,15H2. The van der Waals surface area contributed by atoms with Crippen molar-refractivity contribution in [3.63, 3.8) is 0 Å². The van der Waals surface area contributed by atoms with E-state index < -0.39 is 0 Å². The summed E-state index contributed by atoms with van der Waals surface area (Å²) in [5.74, 6) is 6.67. The van der Waals surface area contributed by atoms with Crippen molar-refractivity contribution >= 4 is 22.6 Å². The van der Waals surface area contributed by atoms with E-state index in [0.29, 0.717) is 17.3 Å². The van der Waals surface area contributed by atoms with E-state index in [4.69, 9.17) is 21.8 Å². The lowest BCUT2D eigenvalue weighted by molar-refractivity contribution is 0.601. The molecule has 3 heteroatoms. The van der Waals surface area contributed by atoms with E-state index in [-0.39, 0.29) is 0 Å². The van der Waals surface area contributed by atoms with Gasteiger partial charge in [-0.05, 0) is 37.1 Å². The number of hydrogen-bond donors (Lipinski definition) is 1. The van der Waals surface area contributed by atoms with Crippen LogP contribution in [0.5, 0.6) is 0 Å². The molecule has 0 unspecified atom stereocenters. The minimum atomic E-state index is 0.671. The molecule has 0 radical (unpaired) electrons. The van der Waals surface area contributed by atoms with Crippen LogP contribution in [0.4, 0.5) is 0 Å². The summed E-state index contributed by atoms with van der Waals surface area (Å²) in [4.78, 5) is 0. The fourth-order valence-corrected chi connectivity index (χ4v) is 1.60. The van der Waals surface area contributed by atoms with E-state index in [2.05, 4.69) is 11.8 Å². The molecule has 2 N–H and O–H groups in total. The third-order valence-electron chi connectivity index (χ3n) is 2.20. The Bertz CT molecular complexity index is 548.